The van der Waals surface area contributed by atoms with E-state index < -0.39 is 12.0 Å². The molecule has 2 rings (SSSR count). The van der Waals surface area contributed by atoms with Gasteiger partial charge in [-0.15, -0.1) is 11.8 Å². The molecule has 1 fully saturated rings. The molecule has 0 N–H and O–H groups in total. The molecule has 0 saturated carbocycles. The lowest BCUT2D eigenvalue weighted by Crippen LogP contribution is -2.48. The maximum absolute atomic E-state index is 11.4. The van der Waals surface area contributed by atoms with Gasteiger partial charge in [-0.3, -0.25) is 4.79 Å². The van der Waals surface area contributed by atoms with Gasteiger partial charge in [-0.2, -0.15) is 0 Å². The van der Waals surface area contributed by atoms with E-state index in [4.69, 9.17) is 4.42 Å². The molecule has 0 spiro atoms. The number of nitrogens with zero attached hydrogens (tertiary/aromatic N) is 1. The Kier molecular flexibility index (Phi) is 2.91. The third kappa shape index (κ3) is 1.80. The Morgan fingerprint density at radius 1 is 1.62 bits per heavy atom. The summed E-state index contributed by atoms with van der Waals surface area (Å²) in [7, 11) is 0. The highest BCUT2D eigenvalue weighted by Gasteiger charge is 2.38. The molecule has 0 unspecified atom stereocenters. The molecule has 6 heteroatoms. The van der Waals surface area contributed by atoms with E-state index in [1.54, 1.807) is 12.1 Å². The van der Waals surface area contributed by atoms with Gasteiger partial charge in [0.2, 0.25) is 5.91 Å². The van der Waals surface area contributed by atoms with E-state index in [0.29, 0.717) is 11.5 Å². The normalized spacial score (nSPS) is 24.7. The van der Waals surface area contributed by atoms with Gasteiger partial charge in [0.1, 0.15) is 11.1 Å². The summed E-state index contributed by atoms with van der Waals surface area (Å²) in [5.74, 6) is -0.603. The van der Waals surface area contributed by atoms with E-state index in [-0.39, 0.29) is 11.3 Å². The van der Waals surface area contributed by atoms with Gasteiger partial charge in [-0.25, -0.2) is 0 Å². The molecule has 0 bridgehead atoms. The van der Waals surface area contributed by atoms with Crippen LogP contribution in [0.1, 0.15) is 18.1 Å². The maximum Gasteiger partial charge on any atom is 0.221 e. The van der Waals surface area contributed by atoms with Crippen LogP contribution >= 0.6 is 11.8 Å². The standard InChI is InChI=1S/C10H11NO4S/c1-6(12)11-7(10(13)14)5-16-9(11)8-3-2-4-15-8/h2-4,7,9H,5H2,1H3,(H,13,14)/p-1/t7-,9+/m1/s1. The topological polar surface area (TPSA) is 73.6 Å². The third-order valence-corrected chi connectivity index (χ3v) is 3.71. The number of hydrogen-bond acceptors (Lipinski definition) is 5. The monoisotopic (exact) mass is 240 g/mol. The molecule has 1 aliphatic heterocycles. The first-order valence-electron chi connectivity index (χ1n) is 4.76. The van der Waals surface area contributed by atoms with E-state index in [1.165, 1.54) is 29.8 Å². The minimum Gasteiger partial charge on any atom is -0.548 e. The Bertz CT molecular complexity index is 403. The van der Waals surface area contributed by atoms with Crippen molar-refractivity contribution in [3.8, 4) is 0 Å². The SMILES string of the molecule is CC(=O)N1[C@@H](C(=O)[O-])CS[C@H]1c1ccco1. The summed E-state index contributed by atoms with van der Waals surface area (Å²) in [6.45, 7) is 1.34. The van der Waals surface area contributed by atoms with Crippen molar-refractivity contribution >= 4 is 23.6 Å². The molecule has 2 atom stereocenters. The first kappa shape index (κ1) is 11.1. The predicted molar refractivity (Wildman–Crippen MR) is 55.2 cm³/mol. The van der Waals surface area contributed by atoms with Crippen molar-refractivity contribution < 1.29 is 19.1 Å². The molecule has 1 aromatic heterocycles. The van der Waals surface area contributed by atoms with Gasteiger partial charge in [0.05, 0.1) is 18.3 Å². The summed E-state index contributed by atoms with van der Waals surface area (Å²) < 4.78 is 5.20. The molecule has 16 heavy (non-hydrogen) atoms. The first-order chi connectivity index (χ1) is 7.61. The van der Waals surface area contributed by atoms with Gasteiger partial charge < -0.3 is 19.2 Å². The number of carboxylic acids is 1. The molecular weight excluding hydrogens is 230 g/mol. The minimum absolute atomic E-state index is 0.291. The van der Waals surface area contributed by atoms with E-state index in [1.807, 2.05) is 0 Å². The maximum atomic E-state index is 11.4. The van der Waals surface area contributed by atoms with Crippen LogP contribution in [0.5, 0.6) is 0 Å². The van der Waals surface area contributed by atoms with Crippen molar-refractivity contribution in [3.05, 3.63) is 24.2 Å². The van der Waals surface area contributed by atoms with E-state index in [2.05, 4.69) is 0 Å². The zero-order valence-electron chi connectivity index (χ0n) is 8.58. The number of carbonyl (C=O) groups is 2. The first-order valence-corrected chi connectivity index (χ1v) is 5.81. The fourth-order valence-corrected chi connectivity index (χ4v) is 3.14. The number of furan rings is 1. The van der Waals surface area contributed by atoms with E-state index >= 15 is 0 Å². The number of hydrogen-bond donors (Lipinski definition) is 0. The highest BCUT2D eigenvalue weighted by Crippen LogP contribution is 2.41. The van der Waals surface area contributed by atoms with Crippen LogP contribution in [-0.4, -0.2) is 28.6 Å². The van der Waals surface area contributed by atoms with Gasteiger partial charge in [0.15, 0.2) is 0 Å². The molecule has 1 aromatic rings. The number of carbonyl (C=O) groups excluding carboxylic acids is 2. The number of amides is 1. The molecule has 86 valence electrons. The fraction of sp³-hybridized carbons (Fsp3) is 0.400. The zero-order valence-corrected chi connectivity index (χ0v) is 9.40. The highest BCUT2D eigenvalue weighted by atomic mass is 32.2. The van der Waals surface area contributed by atoms with Crippen LogP contribution in [0.25, 0.3) is 0 Å². The average molecular weight is 240 g/mol. The molecule has 0 aliphatic carbocycles. The van der Waals surface area contributed by atoms with E-state index in [0.717, 1.165) is 0 Å². The predicted octanol–water partition coefficient (Wildman–Crippen LogP) is -0.00800. The van der Waals surface area contributed by atoms with E-state index in [9.17, 15) is 14.7 Å². The van der Waals surface area contributed by atoms with Gasteiger partial charge in [0.25, 0.3) is 0 Å². The van der Waals surface area contributed by atoms with Crippen LogP contribution in [0.15, 0.2) is 22.8 Å². The number of rotatable bonds is 2. The molecule has 1 aliphatic rings. The van der Waals surface area contributed by atoms with Crippen LogP contribution < -0.4 is 5.11 Å². The van der Waals surface area contributed by atoms with Crippen LogP contribution in [0.2, 0.25) is 0 Å². The van der Waals surface area contributed by atoms with Crippen molar-refractivity contribution in [2.24, 2.45) is 0 Å². The van der Waals surface area contributed by atoms with Crippen molar-refractivity contribution in [2.45, 2.75) is 18.3 Å². The molecule has 1 amide bonds. The van der Waals surface area contributed by atoms with Crippen LogP contribution in [0.4, 0.5) is 0 Å². The molecule has 0 radical (unpaired) electrons. The lowest BCUT2D eigenvalue weighted by molar-refractivity contribution is -0.310. The van der Waals surface area contributed by atoms with Crippen LogP contribution in [0, 0.1) is 0 Å². The van der Waals surface area contributed by atoms with Crippen LogP contribution in [0.3, 0.4) is 0 Å². The largest absolute Gasteiger partial charge is 0.548 e. The smallest absolute Gasteiger partial charge is 0.221 e. The Morgan fingerprint density at radius 2 is 2.38 bits per heavy atom. The quantitative estimate of drug-likeness (QED) is 0.727. The molecule has 0 aromatic carbocycles. The second-order valence-electron chi connectivity index (χ2n) is 3.46. The summed E-state index contributed by atoms with van der Waals surface area (Å²) in [5.41, 5.74) is 0. The summed E-state index contributed by atoms with van der Waals surface area (Å²) >= 11 is 1.36. The van der Waals surface area contributed by atoms with Crippen molar-refractivity contribution in [3.63, 3.8) is 0 Å². The van der Waals surface area contributed by atoms with Gasteiger partial charge in [0, 0.05) is 12.7 Å². The molecule has 1 saturated heterocycles. The summed E-state index contributed by atoms with van der Waals surface area (Å²) in [4.78, 5) is 23.6. The highest BCUT2D eigenvalue weighted by molar-refractivity contribution is 7.99. The van der Waals surface area contributed by atoms with Crippen molar-refractivity contribution in [1.82, 2.24) is 4.90 Å². The molecular formula is C10H10NO4S-. The summed E-state index contributed by atoms with van der Waals surface area (Å²) in [5, 5.41) is 10.5. The second-order valence-corrected chi connectivity index (χ2v) is 4.58. The Morgan fingerprint density at radius 3 is 2.88 bits per heavy atom. The van der Waals surface area contributed by atoms with Crippen molar-refractivity contribution in [1.29, 1.82) is 0 Å². The Labute approximate surface area is 96.4 Å². The summed E-state index contributed by atoms with van der Waals surface area (Å²) in [6, 6.07) is 2.56. The number of carboxylic acid groups (broad SMARTS) is 1. The molecule has 5 nitrogen and oxygen atoms in total. The Hall–Kier alpha value is -1.43. The average Bonchev–Trinajstić information content (AvgIpc) is 2.85. The second kappa shape index (κ2) is 4.21. The fourth-order valence-electron chi connectivity index (χ4n) is 1.72. The lowest BCUT2D eigenvalue weighted by Gasteiger charge is -2.27. The number of thioether (sulfide) groups is 1. The minimum atomic E-state index is -1.23. The third-order valence-electron chi connectivity index (χ3n) is 2.42. The van der Waals surface area contributed by atoms with Gasteiger partial charge in [-0.1, -0.05) is 0 Å². The lowest BCUT2D eigenvalue weighted by atomic mass is 10.2. The number of aliphatic carboxylic acids is 1. The van der Waals surface area contributed by atoms with Crippen LogP contribution in [-0.2, 0) is 9.59 Å². The van der Waals surface area contributed by atoms with Gasteiger partial charge in [-0.05, 0) is 12.1 Å². The summed E-state index contributed by atoms with van der Waals surface area (Å²) in [6.07, 6.45) is 1.50. The molecule has 2 heterocycles. The Balaban J connectivity index is 2.28. The van der Waals surface area contributed by atoms with Crippen molar-refractivity contribution in [2.75, 3.05) is 5.75 Å². The van der Waals surface area contributed by atoms with Gasteiger partial charge >= 0.3 is 0 Å². The zero-order chi connectivity index (χ0) is 11.7.